The number of benzene rings is 2. The van der Waals surface area contributed by atoms with E-state index < -0.39 is 0 Å². The first-order chi connectivity index (χ1) is 11.0. The van der Waals surface area contributed by atoms with Gasteiger partial charge >= 0.3 is 0 Å². The maximum atomic E-state index is 6.25. The number of likely N-dealkylation sites (N-methyl/N-ethyl adjacent to an activating group) is 1. The number of fused-ring (bicyclic) bond motifs is 1. The average Bonchev–Trinajstić information content (AvgIpc) is 2.55. The maximum Gasteiger partial charge on any atom is 0.0595 e. The van der Waals surface area contributed by atoms with E-state index in [-0.39, 0.29) is 0 Å². The summed E-state index contributed by atoms with van der Waals surface area (Å²) in [5, 5.41) is 1.23. The third-order valence-corrected chi connectivity index (χ3v) is 5.55. The SMILES string of the molecule is CC(C1=Cc2ccccc2C(c2ccc(Cl)c(Cl)c2)C1)N(C)C. The normalized spacial score (nSPS) is 18.5. The number of rotatable bonds is 3. The zero-order valence-corrected chi connectivity index (χ0v) is 15.2. The molecule has 0 heterocycles. The van der Waals surface area contributed by atoms with Gasteiger partial charge in [0, 0.05) is 12.0 Å². The summed E-state index contributed by atoms with van der Waals surface area (Å²) in [6, 6.07) is 15.0. The Hall–Kier alpha value is -1.28. The molecule has 2 aromatic rings. The molecule has 0 aliphatic heterocycles. The highest BCUT2D eigenvalue weighted by Crippen LogP contribution is 2.41. The van der Waals surface area contributed by atoms with Crippen LogP contribution in [0.25, 0.3) is 6.08 Å². The lowest BCUT2D eigenvalue weighted by Gasteiger charge is -2.31. The van der Waals surface area contributed by atoms with E-state index in [9.17, 15) is 0 Å². The Morgan fingerprint density at radius 3 is 2.48 bits per heavy atom. The summed E-state index contributed by atoms with van der Waals surface area (Å²) in [7, 11) is 4.25. The van der Waals surface area contributed by atoms with E-state index in [0.29, 0.717) is 22.0 Å². The molecular formula is C20H21Cl2N. The van der Waals surface area contributed by atoms with Crippen molar-refractivity contribution < 1.29 is 0 Å². The third kappa shape index (κ3) is 3.33. The summed E-state index contributed by atoms with van der Waals surface area (Å²) in [4.78, 5) is 2.26. The molecule has 3 rings (SSSR count). The average molecular weight is 346 g/mol. The van der Waals surface area contributed by atoms with Crippen molar-refractivity contribution in [3.63, 3.8) is 0 Å². The molecule has 120 valence electrons. The number of hydrogen-bond acceptors (Lipinski definition) is 1. The van der Waals surface area contributed by atoms with Crippen LogP contribution in [-0.4, -0.2) is 25.0 Å². The molecule has 0 fully saturated rings. The summed E-state index contributed by atoms with van der Waals surface area (Å²) >= 11 is 12.3. The van der Waals surface area contributed by atoms with E-state index in [4.69, 9.17) is 23.2 Å². The second-order valence-electron chi connectivity index (χ2n) is 6.42. The lowest BCUT2D eigenvalue weighted by molar-refractivity contribution is 0.343. The van der Waals surface area contributed by atoms with Crippen LogP contribution in [-0.2, 0) is 0 Å². The predicted molar refractivity (Wildman–Crippen MR) is 100 cm³/mol. The molecule has 0 saturated heterocycles. The first kappa shape index (κ1) is 16.6. The van der Waals surface area contributed by atoms with Gasteiger partial charge in [-0.05, 0) is 56.3 Å². The van der Waals surface area contributed by atoms with Crippen molar-refractivity contribution in [1.82, 2.24) is 4.90 Å². The van der Waals surface area contributed by atoms with Crippen LogP contribution in [0.4, 0.5) is 0 Å². The zero-order valence-electron chi connectivity index (χ0n) is 13.7. The second-order valence-corrected chi connectivity index (χ2v) is 7.23. The van der Waals surface area contributed by atoms with Gasteiger partial charge in [0.15, 0.2) is 0 Å². The molecule has 2 aromatic carbocycles. The minimum Gasteiger partial charge on any atom is -0.303 e. The standard InChI is InChI=1S/C20H21Cl2N/c1-13(23(2)3)16-10-14-6-4-5-7-17(14)18(11-16)15-8-9-19(21)20(22)12-15/h4-10,12-13,18H,11H2,1-3H3. The Morgan fingerprint density at radius 1 is 1.04 bits per heavy atom. The Labute approximate surface area is 148 Å². The van der Waals surface area contributed by atoms with Gasteiger partial charge in [-0.15, -0.1) is 0 Å². The van der Waals surface area contributed by atoms with Crippen molar-refractivity contribution in [2.24, 2.45) is 0 Å². The van der Waals surface area contributed by atoms with Gasteiger partial charge in [-0.3, -0.25) is 0 Å². The highest BCUT2D eigenvalue weighted by atomic mass is 35.5. The molecule has 3 heteroatoms. The quantitative estimate of drug-likeness (QED) is 0.672. The minimum atomic E-state index is 0.323. The van der Waals surface area contributed by atoms with E-state index in [1.807, 2.05) is 12.1 Å². The first-order valence-electron chi connectivity index (χ1n) is 7.88. The molecule has 0 saturated carbocycles. The molecule has 0 spiro atoms. The molecule has 23 heavy (non-hydrogen) atoms. The van der Waals surface area contributed by atoms with Crippen molar-refractivity contribution in [3.8, 4) is 0 Å². The fraction of sp³-hybridized carbons (Fsp3) is 0.300. The van der Waals surface area contributed by atoms with Crippen LogP contribution < -0.4 is 0 Å². The van der Waals surface area contributed by atoms with E-state index >= 15 is 0 Å². The molecule has 0 N–H and O–H groups in total. The molecule has 1 aliphatic rings. The van der Waals surface area contributed by atoms with Gasteiger partial charge in [0.25, 0.3) is 0 Å². The molecule has 0 aromatic heterocycles. The van der Waals surface area contributed by atoms with E-state index in [0.717, 1.165) is 6.42 Å². The molecule has 0 amide bonds. The van der Waals surface area contributed by atoms with Crippen molar-refractivity contribution in [2.75, 3.05) is 14.1 Å². The fourth-order valence-electron chi connectivity index (χ4n) is 3.21. The van der Waals surface area contributed by atoms with Crippen LogP contribution in [0.5, 0.6) is 0 Å². The maximum absolute atomic E-state index is 6.25. The summed E-state index contributed by atoms with van der Waals surface area (Å²) in [5.74, 6) is 0.323. The van der Waals surface area contributed by atoms with Gasteiger partial charge in [0.05, 0.1) is 10.0 Å². The lowest BCUT2D eigenvalue weighted by Crippen LogP contribution is -2.28. The lowest BCUT2D eigenvalue weighted by atomic mass is 9.77. The van der Waals surface area contributed by atoms with Gasteiger partial charge in [0.2, 0.25) is 0 Å². The van der Waals surface area contributed by atoms with Crippen LogP contribution in [0.2, 0.25) is 10.0 Å². The van der Waals surface area contributed by atoms with E-state index in [2.05, 4.69) is 62.3 Å². The number of nitrogens with zero attached hydrogens (tertiary/aromatic N) is 1. The Balaban J connectivity index is 2.07. The zero-order chi connectivity index (χ0) is 16.6. The molecule has 0 radical (unpaired) electrons. The van der Waals surface area contributed by atoms with Crippen LogP contribution in [0.15, 0.2) is 48.0 Å². The second kappa shape index (κ2) is 6.68. The fourth-order valence-corrected chi connectivity index (χ4v) is 3.52. The summed E-state index contributed by atoms with van der Waals surface area (Å²) < 4.78 is 0. The highest BCUT2D eigenvalue weighted by molar-refractivity contribution is 6.42. The van der Waals surface area contributed by atoms with Crippen molar-refractivity contribution >= 4 is 29.3 Å². The van der Waals surface area contributed by atoms with Gasteiger partial charge in [-0.1, -0.05) is 65.2 Å². The molecule has 2 atom stereocenters. The summed E-state index contributed by atoms with van der Waals surface area (Å²) in [5.41, 5.74) is 5.34. The summed E-state index contributed by atoms with van der Waals surface area (Å²) in [6.45, 7) is 2.26. The predicted octanol–water partition coefficient (Wildman–Crippen LogP) is 5.86. The van der Waals surface area contributed by atoms with Gasteiger partial charge < -0.3 is 4.90 Å². The summed E-state index contributed by atoms with van der Waals surface area (Å²) in [6.07, 6.45) is 3.35. The Kier molecular flexibility index (Phi) is 4.82. The smallest absolute Gasteiger partial charge is 0.0595 e. The molecular weight excluding hydrogens is 325 g/mol. The molecule has 1 aliphatic carbocycles. The van der Waals surface area contributed by atoms with Crippen LogP contribution in [0.3, 0.4) is 0 Å². The van der Waals surface area contributed by atoms with Crippen LogP contribution >= 0.6 is 23.2 Å². The first-order valence-corrected chi connectivity index (χ1v) is 8.63. The monoisotopic (exact) mass is 345 g/mol. The van der Waals surface area contributed by atoms with Crippen molar-refractivity contribution in [1.29, 1.82) is 0 Å². The largest absolute Gasteiger partial charge is 0.303 e. The third-order valence-electron chi connectivity index (χ3n) is 4.81. The van der Waals surface area contributed by atoms with Crippen molar-refractivity contribution in [3.05, 3.63) is 74.8 Å². The van der Waals surface area contributed by atoms with Gasteiger partial charge in [-0.25, -0.2) is 0 Å². The van der Waals surface area contributed by atoms with Crippen LogP contribution in [0.1, 0.15) is 36.0 Å². The van der Waals surface area contributed by atoms with Gasteiger partial charge in [0.1, 0.15) is 0 Å². The Morgan fingerprint density at radius 2 is 1.78 bits per heavy atom. The molecule has 0 bridgehead atoms. The van der Waals surface area contributed by atoms with Gasteiger partial charge in [-0.2, -0.15) is 0 Å². The van der Waals surface area contributed by atoms with Crippen molar-refractivity contribution in [2.45, 2.75) is 25.3 Å². The molecule has 2 unspecified atom stereocenters. The topological polar surface area (TPSA) is 3.24 Å². The van der Waals surface area contributed by atoms with Crippen LogP contribution in [0, 0.1) is 0 Å². The minimum absolute atomic E-state index is 0.323. The number of halogens is 2. The highest BCUT2D eigenvalue weighted by Gasteiger charge is 2.26. The Bertz CT molecular complexity index is 749. The molecule has 1 nitrogen and oxygen atoms in total. The van der Waals surface area contributed by atoms with E-state index in [1.165, 1.54) is 22.3 Å². The number of hydrogen-bond donors (Lipinski definition) is 0. The van der Waals surface area contributed by atoms with E-state index in [1.54, 1.807) is 0 Å².